The van der Waals surface area contributed by atoms with E-state index in [1.165, 1.54) is 36.7 Å². The van der Waals surface area contributed by atoms with Crippen LogP contribution < -0.4 is 5.32 Å². The van der Waals surface area contributed by atoms with E-state index < -0.39 is 48.5 Å². The van der Waals surface area contributed by atoms with Crippen molar-refractivity contribution >= 4 is 11.7 Å². The predicted molar refractivity (Wildman–Crippen MR) is 110 cm³/mol. The summed E-state index contributed by atoms with van der Waals surface area (Å²) >= 11 is 0. The van der Waals surface area contributed by atoms with Crippen LogP contribution in [0.4, 0.5) is 27.8 Å². The molecule has 0 spiro atoms. The summed E-state index contributed by atoms with van der Waals surface area (Å²) in [5.41, 5.74) is -1.44. The van der Waals surface area contributed by atoms with Crippen LogP contribution in [0.5, 0.6) is 0 Å². The number of aromatic nitrogens is 5. The normalized spacial score (nSPS) is 21.3. The maximum atomic E-state index is 14.5. The third-order valence-corrected chi connectivity index (χ3v) is 5.36. The van der Waals surface area contributed by atoms with E-state index >= 15 is 0 Å². The number of alkyl halides is 5. The van der Waals surface area contributed by atoms with Crippen LogP contribution in [0, 0.1) is 0 Å². The number of morpholine rings is 1. The van der Waals surface area contributed by atoms with Gasteiger partial charge in [-0.1, -0.05) is 12.1 Å². The summed E-state index contributed by atoms with van der Waals surface area (Å²) in [4.78, 5) is 21.5. The summed E-state index contributed by atoms with van der Waals surface area (Å²) in [7, 11) is 0. The van der Waals surface area contributed by atoms with Crippen LogP contribution in [0.1, 0.15) is 23.0 Å². The summed E-state index contributed by atoms with van der Waals surface area (Å²) in [5.74, 6) is -5.52. The zero-order chi connectivity index (χ0) is 26.3. The average Bonchev–Trinajstić information content (AvgIpc) is 3.34. The minimum Gasteiger partial charge on any atom is -0.367 e. The van der Waals surface area contributed by atoms with Crippen molar-refractivity contribution in [1.29, 1.82) is 0 Å². The van der Waals surface area contributed by atoms with E-state index in [1.807, 2.05) is 0 Å². The average molecular weight is 515 g/mol. The van der Waals surface area contributed by atoms with Crippen molar-refractivity contribution in [2.24, 2.45) is 0 Å². The standard InChI is InChI=1S/C20H18F5N7O4/c1-11-14(8-27-16-10-26-15(9-28-16)18(21,22)23)31(20(34,35)19(24,25)36-11)17(33)12-4-2-3-5-13(12)32-29-6-7-30-32/h2-7,9-11,14,34-35H,8H2,1H3,(H,27,28). The molecule has 192 valence electrons. The molecule has 2 unspecified atom stereocenters. The third kappa shape index (κ3) is 4.57. The first-order valence-corrected chi connectivity index (χ1v) is 10.3. The van der Waals surface area contributed by atoms with E-state index in [0.717, 1.165) is 17.9 Å². The monoisotopic (exact) mass is 515 g/mol. The molecule has 0 saturated carbocycles. The lowest BCUT2D eigenvalue weighted by atomic mass is 10.0. The Kier molecular flexibility index (Phi) is 6.36. The van der Waals surface area contributed by atoms with Gasteiger partial charge >= 0.3 is 18.2 Å². The van der Waals surface area contributed by atoms with Crippen LogP contribution in [0.25, 0.3) is 5.69 Å². The van der Waals surface area contributed by atoms with E-state index in [9.17, 15) is 37.0 Å². The second-order valence-electron chi connectivity index (χ2n) is 7.72. The van der Waals surface area contributed by atoms with Gasteiger partial charge in [0.1, 0.15) is 5.82 Å². The lowest BCUT2D eigenvalue weighted by Crippen LogP contribution is -2.74. The first-order valence-electron chi connectivity index (χ1n) is 10.3. The Bertz CT molecular complexity index is 1220. The molecule has 0 radical (unpaired) electrons. The van der Waals surface area contributed by atoms with Gasteiger partial charge in [-0.2, -0.15) is 36.9 Å². The van der Waals surface area contributed by atoms with Crippen molar-refractivity contribution in [3.63, 3.8) is 0 Å². The summed E-state index contributed by atoms with van der Waals surface area (Å²) in [6, 6.07) is 4.15. The molecule has 36 heavy (non-hydrogen) atoms. The number of hydrogen-bond donors (Lipinski definition) is 3. The number of hydrogen-bond acceptors (Lipinski definition) is 9. The number of para-hydroxylation sites is 1. The zero-order valence-electron chi connectivity index (χ0n) is 18.3. The van der Waals surface area contributed by atoms with Crippen LogP contribution in [0.3, 0.4) is 0 Å². The molecule has 2 aromatic heterocycles. The maximum Gasteiger partial charge on any atom is 0.434 e. The lowest BCUT2D eigenvalue weighted by Gasteiger charge is -2.50. The second-order valence-corrected chi connectivity index (χ2v) is 7.72. The number of aliphatic hydroxyl groups is 2. The highest BCUT2D eigenvalue weighted by atomic mass is 19.4. The number of benzene rings is 1. The van der Waals surface area contributed by atoms with E-state index in [0.29, 0.717) is 6.20 Å². The van der Waals surface area contributed by atoms with Crippen LogP contribution in [-0.2, 0) is 10.9 Å². The largest absolute Gasteiger partial charge is 0.434 e. The highest BCUT2D eigenvalue weighted by Gasteiger charge is 2.66. The number of halogens is 5. The fourth-order valence-corrected chi connectivity index (χ4v) is 3.60. The number of nitrogens with zero attached hydrogens (tertiary/aromatic N) is 6. The van der Waals surface area contributed by atoms with E-state index in [-0.39, 0.29) is 22.0 Å². The smallest absolute Gasteiger partial charge is 0.367 e. The first-order chi connectivity index (χ1) is 16.8. The number of carbonyl (C=O) groups excluding carboxylic acids is 1. The van der Waals surface area contributed by atoms with Crippen molar-refractivity contribution in [1.82, 2.24) is 29.9 Å². The van der Waals surface area contributed by atoms with Gasteiger partial charge in [0, 0.05) is 6.54 Å². The molecule has 2 atom stereocenters. The van der Waals surface area contributed by atoms with E-state index in [2.05, 4.69) is 30.2 Å². The molecular weight excluding hydrogens is 497 g/mol. The highest BCUT2D eigenvalue weighted by molar-refractivity contribution is 5.98. The molecule has 3 heterocycles. The highest BCUT2D eigenvalue weighted by Crippen LogP contribution is 2.41. The topological polar surface area (TPSA) is 139 Å². The van der Waals surface area contributed by atoms with Gasteiger partial charge in [-0.05, 0) is 19.1 Å². The van der Waals surface area contributed by atoms with Gasteiger partial charge in [0.15, 0.2) is 5.69 Å². The Morgan fingerprint density at radius 2 is 1.81 bits per heavy atom. The number of amides is 1. The summed E-state index contributed by atoms with van der Waals surface area (Å²) < 4.78 is 71.7. The molecule has 3 N–H and O–H groups in total. The van der Waals surface area contributed by atoms with E-state index in [1.54, 1.807) is 0 Å². The molecule has 1 aromatic carbocycles. The van der Waals surface area contributed by atoms with Gasteiger partial charge in [0.2, 0.25) is 0 Å². The maximum absolute atomic E-state index is 14.5. The molecule has 4 rings (SSSR count). The number of anilines is 1. The molecule has 1 saturated heterocycles. The molecule has 1 aliphatic rings. The zero-order valence-corrected chi connectivity index (χ0v) is 18.3. The minimum atomic E-state index is -4.73. The Labute approximate surface area is 199 Å². The van der Waals surface area contributed by atoms with Crippen LogP contribution >= 0.6 is 0 Å². The van der Waals surface area contributed by atoms with Crippen LogP contribution in [0.15, 0.2) is 49.1 Å². The molecule has 0 bridgehead atoms. The first kappa shape index (κ1) is 25.3. The fourth-order valence-electron chi connectivity index (χ4n) is 3.60. The van der Waals surface area contributed by atoms with Crippen LogP contribution in [-0.4, -0.2) is 76.7 Å². The SMILES string of the molecule is CC1OC(F)(F)C(O)(O)N(C(=O)c2ccccc2-n2nccn2)C1CNc1cnc(C(F)(F)F)cn1. The van der Waals surface area contributed by atoms with Gasteiger partial charge in [0.05, 0.1) is 48.2 Å². The second kappa shape index (κ2) is 9.03. The van der Waals surface area contributed by atoms with Gasteiger partial charge in [-0.25, -0.2) is 9.97 Å². The van der Waals surface area contributed by atoms with Gasteiger partial charge in [-0.3, -0.25) is 9.69 Å². The lowest BCUT2D eigenvalue weighted by molar-refractivity contribution is -0.473. The molecule has 11 nitrogen and oxygen atoms in total. The third-order valence-electron chi connectivity index (χ3n) is 5.36. The number of nitrogens with one attached hydrogen (secondary N) is 1. The molecule has 1 amide bonds. The Balaban J connectivity index is 1.68. The number of ether oxygens (including phenoxy) is 1. The predicted octanol–water partition coefficient (Wildman–Crippen LogP) is 1.65. The van der Waals surface area contributed by atoms with E-state index in [4.69, 9.17) is 0 Å². The molecule has 16 heteroatoms. The number of rotatable bonds is 5. The Hall–Kier alpha value is -3.76. The quantitative estimate of drug-likeness (QED) is 0.342. The minimum absolute atomic E-state index is 0.0612. The van der Waals surface area contributed by atoms with Crippen molar-refractivity contribution in [2.45, 2.75) is 37.3 Å². The molecular formula is C20H18F5N7O4. The molecule has 1 aliphatic heterocycles. The van der Waals surface area contributed by atoms with Crippen molar-refractivity contribution in [3.8, 4) is 5.69 Å². The summed E-state index contributed by atoms with van der Waals surface area (Å²) in [6.07, 6.45) is -6.96. The summed E-state index contributed by atoms with van der Waals surface area (Å²) in [5, 5.41) is 31.1. The van der Waals surface area contributed by atoms with Crippen molar-refractivity contribution in [2.75, 3.05) is 11.9 Å². The molecule has 3 aromatic rings. The Morgan fingerprint density at radius 1 is 1.14 bits per heavy atom. The van der Waals surface area contributed by atoms with Crippen molar-refractivity contribution in [3.05, 3.63) is 60.3 Å². The Morgan fingerprint density at radius 3 is 2.42 bits per heavy atom. The van der Waals surface area contributed by atoms with Gasteiger partial charge in [-0.15, -0.1) is 0 Å². The molecule has 1 fully saturated rings. The fraction of sp³-hybridized carbons (Fsp3) is 0.350. The number of carbonyl (C=O) groups is 1. The molecule has 0 aliphatic carbocycles. The van der Waals surface area contributed by atoms with Crippen LogP contribution in [0.2, 0.25) is 0 Å². The van der Waals surface area contributed by atoms with Crippen molar-refractivity contribution < 1.29 is 41.7 Å². The summed E-state index contributed by atoms with van der Waals surface area (Å²) in [6.45, 7) is 0.684. The van der Waals surface area contributed by atoms with Gasteiger partial charge < -0.3 is 20.3 Å². The van der Waals surface area contributed by atoms with Gasteiger partial charge in [0.25, 0.3) is 5.91 Å².